The molecule has 0 saturated carbocycles. The van der Waals surface area contributed by atoms with Crippen molar-refractivity contribution >= 4 is 46.5 Å². The van der Waals surface area contributed by atoms with E-state index in [1.807, 2.05) is 0 Å². The van der Waals surface area contributed by atoms with Crippen molar-refractivity contribution < 1.29 is 39.4 Å². The van der Waals surface area contributed by atoms with Gasteiger partial charge in [-0.25, -0.2) is 0 Å². The van der Waals surface area contributed by atoms with Crippen molar-refractivity contribution in [3.05, 3.63) is 87.0 Å². The molecule has 0 atom stereocenters. The van der Waals surface area contributed by atoms with Crippen LogP contribution in [0.1, 0.15) is 0 Å². The SMILES string of the molecule is O=[N+]([O-])c1cc([N+](=O)[O-])c(-n2c([N+](=O)[O-])nc([N+](=O)[O-])c2[N+](=O)[O-])nc1-n1c([N+](=O)[O-])nc([N+](=O)[O-])c1[N+](=O)[O-]. The van der Waals surface area contributed by atoms with Crippen molar-refractivity contribution in [2.45, 2.75) is 0 Å². The van der Waals surface area contributed by atoms with Gasteiger partial charge in [-0.1, -0.05) is 9.13 Å². The first-order valence-corrected chi connectivity index (χ1v) is 8.97. The summed E-state index contributed by atoms with van der Waals surface area (Å²) in [6.07, 6.45) is 0. The molecule has 0 spiro atoms. The summed E-state index contributed by atoms with van der Waals surface area (Å²) in [5.74, 6) is -15.1. The smallest absolute Gasteiger partial charge is 0.389 e. The van der Waals surface area contributed by atoms with Gasteiger partial charge in [0.05, 0.1) is 19.8 Å². The highest BCUT2D eigenvalue weighted by Crippen LogP contribution is 2.42. The van der Waals surface area contributed by atoms with E-state index in [1.54, 1.807) is 0 Å². The van der Waals surface area contributed by atoms with Crippen molar-refractivity contribution in [2.75, 3.05) is 0 Å². The van der Waals surface area contributed by atoms with Crippen LogP contribution in [0.3, 0.4) is 0 Å². The summed E-state index contributed by atoms with van der Waals surface area (Å²) < 4.78 is -1.10. The Morgan fingerprint density at radius 3 is 1.00 bits per heavy atom. The van der Waals surface area contributed by atoms with E-state index in [-0.39, 0.29) is 6.07 Å². The van der Waals surface area contributed by atoms with Crippen molar-refractivity contribution in [1.29, 1.82) is 0 Å². The Kier molecular flexibility index (Phi) is 6.38. The van der Waals surface area contributed by atoms with Crippen molar-refractivity contribution in [3.8, 4) is 11.6 Å². The largest absolute Gasteiger partial charge is 0.513 e. The van der Waals surface area contributed by atoms with E-state index < -0.39 is 107 Å². The van der Waals surface area contributed by atoms with Crippen LogP contribution in [0.15, 0.2) is 6.07 Å². The quantitative estimate of drug-likeness (QED) is 0.239. The summed E-state index contributed by atoms with van der Waals surface area (Å²) in [6, 6.07) is -0.184. The number of aromatic nitrogens is 5. The summed E-state index contributed by atoms with van der Waals surface area (Å²) in [7, 11) is 0. The van der Waals surface area contributed by atoms with Crippen LogP contribution < -0.4 is 0 Å². The minimum Gasteiger partial charge on any atom is -0.389 e. The average Bonchev–Trinajstić information content (AvgIpc) is 3.43. The molecular weight excluding hydrogens is 570 g/mol. The molecule has 0 bridgehead atoms. The predicted octanol–water partition coefficient (Wildman–Crippen LogP) is 0.719. The molecule has 3 aromatic heterocycles. The highest BCUT2D eigenvalue weighted by atomic mass is 16.7. The zero-order chi connectivity index (χ0) is 30.4. The fourth-order valence-electron chi connectivity index (χ4n) is 3.06. The Balaban J connectivity index is 2.71. The molecular formula is C11HN13O16. The maximum Gasteiger partial charge on any atom is 0.513 e. The van der Waals surface area contributed by atoms with Crippen LogP contribution in [0, 0.1) is 80.9 Å². The molecule has 0 aliphatic heterocycles. The number of nitrogens with zero attached hydrogens (tertiary/aromatic N) is 13. The third-order valence-electron chi connectivity index (χ3n) is 4.41. The fourth-order valence-corrected chi connectivity index (χ4v) is 3.06. The van der Waals surface area contributed by atoms with Gasteiger partial charge in [0.25, 0.3) is 0 Å². The van der Waals surface area contributed by atoms with E-state index >= 15 is 0 Å². The zero-order valence-corrected chi connectivity index (χ0v) is 17.9. The summed E-state index contributed by atoms with van der Waals surface area (Å²) in [5.41, 5.74) is -3.48. The van der Waals surface area contributed by atoms with E-state index in [4.69, 9.17) is 0 Å². The van der Waals surface area contributed by atoms with Gasteiger partial charge in [-0.15, -0.1) is 0 Å². The van der Waals surface area contributed by atoms with Gasteiger partial charge in [0, 0.05) is 0 Å². The number of hydrogen-bond acceptors (Lipinski definition) is 19. The van der Waals surface area contributed by atoms with Crippen LogP contribution in [-0.2, 0) is 0 Å². The van der Waals surface area contributed by atoms with Gasteiger partial charge in [-0.3, -0.25) is 20.2 Å². The monoisotopic (exact) mass is 571 g/mol. The van der Waals surface area contributed by atoms with E-state index in [9.17, 15) is 80.9 Å². The highest BCUT2D eigenvalue weighted by Gasteiger charge is 2.49. The number of rotatable bonds is 10. The molecule has 0 radical (unpaired) electrons. The van der Waals surface area contributed by atoms with Crippen LogP contribution in [0.5, 0.6) is 0 Å². The van der Waals surface area contributed by atoms with Crippen LogP contribution in [0.2, 0.25) is 0 Å². The normalized spacial score (nSPS) is 10.6. The molecule has 0 aliphatic carbocycles. The lowest BCUT2D eigenvalue weighted by Gasteiger charge is -2.05. The number of imidazole rings is 2. The van der Waals surface area contributed by atoms with Gasteiger partial charge in [0.1, 0.15) is 6.07 Å². The third-order valence-corrected chi connectivity index (χ3v) is 4.41. The van der Waals surface area contributed by atoms with Crippen LogP contribution in [0.4, 0.5) is 46.5 Å². The second kappa shape index (κ2) is 9.33. The van der Waals surface area contributed by atoms with Crippen molar-refractivity contribution in [2.24, 2.45) is 0 Å². The lowest BCUT2D eigenvalue weighted by Crippen LogP contribution is -2.15. The molecule has 3 rings (SSSR count). The second-order valence-electron chi connectivity index (χ2n) is 6.52. The standard InChI is InChI=1S/C11HN13O16/c25-17(26)2-1-3(18(27)28)5(16-9(22(35)36)7(20(31)32)14-11(16)24(39)40)12-4(2)15-8(21(33)34)6(19(29)30)13-10(15)23(37)38/h1H. The first-order chi connectivity index (χ1) is 18.5. The second-order valence-corrected chi connectivity index (χ2v) is 6.52. The van der Waals surface area contributed by atoms with Gasteiger partial charge in [-0.2, -0.15) is 4.98 Å². The van der Waals surface area contributed by atoms with Gasteiger partial charge in [0.2, 0.25) is 0 Å². The molecule has 0 amide bonds. The Morgan fingerprint density at radius 2 is 0.775 bits per heavy atom. The summed E-state index contributed by atoms with van der Waals surface area (Å²) in [5, 5.41) is 91.9. The van der Waals surface area contributed by atoms with Crippen molar-refractivity contribution in [3.63, 3.8) is 0 Å². The molecule has 29 nitrogen and oxygen atoms in total. The number of pyridine rings is 1. The topological polar surface area (TPSA) is 394 Å². The van der Waals surface area contributed by atoms with Gasteiger partial charge in [0.15, 0.2) is 0 Å². The molecule has 0 fully saturated rings. The maximum atomic E-state index is 11.7. The van der Waals surface area contributed by atoms with Gasteiger partial charge in [-0.05, 0) is 29.5 Å². The Labute approximate surface area is 209 Å². The molecule has 206 valence electrons. The summed E-state index contributed by atoms with van der Waals surface area (Å²) in [6.45, 7) is 0. The molecule has 29 heteroatoms. The molecule has 0 aromatic carbocycles. The number of nitro groups is 8. The summed E-state index contributed by atoms with van der Waals surface area (Å²) in [4.78, 5) is 87.6. The third kappa shape index (κ3) is 4.18. The minimum atomic E-state index is -1.98. The minimum absolute atomic E-state index is 0.184. The first-order valence-electron chi connectivity index (χ1n) is 8.97. The van der Waals surface area contributed by atoms with E-state index in [0.29, 0.717) is 0 Å². The predicted molar refractivity (Wildman–Crippen MR) is 112 cm³/mol. The Morgan fingerprint density at radius 1 is 0.450 bits per heavy atom. The van der Waals surface area contributed by atoms with Crippen LogP contribution in [-0.4, -0.2) is 63.5 Å². The lowest BCUT2D eigenvalue weighted by molar-refractivity contribution is -0.428. The zero-order valence-electron chi connectivity index (χ0n) is 17.9. The fraction of sp³-hybridized carbons (Fsp3) is 0. The first kappa shape index (κ1) is 27.4. The van der Waals surface area contributed by atoms with Gasteiger partial charge < -0.3 is 60.7 Å². The highest BCUT2D eigenvalue weighted by molar-refractivity contribution is 5.67. The Hall–Kier alpha value is -7.23. The molecule has 0 saturated heterocycles. The van der Waals surface area contributed by atoms with E-state index in [2.05, 4.69) is 15.0 Å². The molecule has 3 aromatic rings. The van der Waals surface area contributed by atoms with Crippen LogP contribution in [0.25, 0.3) is 11.6 Å². The molecule has 0 N–H and O–H groups in total. The van der Waals surface area contributed by atoms with Crippen LogP contribution >= 0.6 is 0 Å². The summed E-state index contributed by atoms with van der Waals surface area (Å²) >= 11 is 0. The molecule has 3 heterocycles. The van der Waals surface area contributed by atoms with E-state index in [1.165, 1.54) is 0 Å². The molecule has 0 unspecified atom stereocenters. The van der Waals surface area contributed by atoms with Crippen molar-refractivity contribution in [1.82, 2.24) is 24.1 Å². The average molecular weight is 571 g/mol. The maximum absolute atomic E-state index is 11.7. The van der Waals surface area contributed by atoms with Gasteiger partial charge >= 0.3 is 58.2 Å². The molecule has 0 aliphatic rings. The lowest BCUT2D eigenvalue weighted by atomic mass is 10.3. The number of hydrogen-bond donors (Lipinski definition) is 0. The molecule has 40 heavy (non-hydrogen) atoms. The van der Waals surface area contributed by atoms with E-state index in [0.717, 1.165) is 0 Å². The Bertz CT molecular complexity index is 1610.